The lowest BCUT2D eigenvalue weighted by Crippen LogP contribution is -2.47. The Labute approximate surface area is 144 Å². The molecule has 0 unspecified atom stereocenters. The van der Waals surface area contributed by atoms with Crippen LogP contribution in [0.5, 0.6) is 0 Å². The molecule has 1 amide bonds. The van der Waals surface area contributed by atoms with Gasteiger partial charge < -0.3 is 15.5 Å². The summed E-state index contributed by atoms with van der Waals surface area (Å²) >= 11 is 6.23. The van der Waals surface area contributed by atoms with E-state index in [2.05, 4.69) is 25.8 Å². The summed E-state index contributed by atoms with van der Waals surface area (Å²) in [6.07, 6.45) is 3.01. The lowest BCUT2D eigenvalue weighted by Gasteiger charge is -2.36. The number of nitrogens with zero attached hydrogens (tertiary/aromatic N) is 5. The second kappa shape index (κ2) is 6.72. The van der Waals surface area contributed by atoms with E-state index in [1.54, 1.807) is 18.3 Å². The molecule has 3 rings (SSSR count). The number of piperazine rings is 1. The topological polar surface area (TPSA) is 99.1 Å². The van der Waals surface area contributed by atoms with E-state index in [4.69, 9.17) is 22.6 Å². The normalized spacial score (nSPS) is 14.3. The number of rotatable bonds is 3. The number of amides is 1. The first-order valence-electron chi connectivity index (χ1n) is 7.40. The molecule has 0 radical (unpaired) electrons. The monoisotopic (exact) mass is 342 g/mol. The Kier molecular flexibility index (Phi) is 4.49. The van der Waals surface area contributed by atoms with Gasteiger partial charge >= 0.3 is 0 Å². The van der Waals surface area contributed by atoms with Crippen LogP contribution in [0.2, 0.25) is 5.02 Å². The van der Waals surface area contributed by atoms with Gasteiger partial charge in [-0.25, -0.2) is 9.97 Å². The predicted molar refractivity (Wildman–Crippen MR) is 91.1 cm³/mol. The summed E-state index contributed by atoms with van der Waals surface area (Å²) in [5.74, 6) is 0.943. The van der Waals surface area contributed by atoms with E-state index < -0.39 is 5.91 Å². The van der Waals surface area contributed by atoms with Crippen molar-refractivity contribution in [2.45, 2.75) is 0 Å². The highest BCUT2D eigenvalue weighted by Gasteiger charge is 2.21. The molecule has 122 valence electrons. The maximum Gasteiger partial charge on any atom is 0.250 e. The number of aromatic nitrogens is 2. The van der Waals surface area contributed by atoms with Crippen LogP contribution in [0.4, 0.5) is 11.6 Å². The minimum atomic E-state index is -0.548. The van der Waals surface area contributed by atoms with Crippen molar-refractivity contribution in [3.05, 3.63) is 46.7 Å². The first-order chi connectivity index (χ1) is 11.6. The zero-order chi connectivity index (χ0) is 17.1. The van der Waals surface area contributed by atoms with Crippen LogP contribution in [0, 0.1) is 11.3 Å². The lowest BCUT2D eigenvalue weighted by atomic mass is 10.2. The summed E-state index contributed by atoms with van der Waals surface area (Å²) in [7, 11) is 0. The van der Waals surface area contributed by atoms with Crippen molar-refractivity contribution >= 4 is 29.1 Å². The van der Waals surface area contributed by atoms with Gasteiger partial charge in [0.05, 0.1) is 16.1 Å². The molecule has 8 heteroatoms. The SMILES string of the molecule is N#Cc1ccc(N2CCN(c3ncc(C(N)=O)cc3Cl)CC2)nc1. The molecule has 7 nitrogen and oxygen atoms in total. The molecule has 24 heavy (non-hydrogen) atoms. The molecule has 0 saturated carbocycles. The molecule has 0 aromatic carbocycles. The molecule has 1 aliphatic rings. The van der Waals surface area contributed by atoms with Crippen LogP contribution >= 0.6 is 11.6 Å². The quantitative estimate of drug-likeness (QED) is 0.905. The zero-order valence-electron chi connectivity index (χ0n) is 12.8. The summed E-state index contributed by atoms with van der Waals surface area (Å²) in [4.78, 5) is 23.9. The third-order valence-corrected chi connectivity index (χ3v) is 4.16. The van der Waals surface area contributed by atoms with Gasteiger partial charge in [0.15, 0.2) is 0 Å². The molecule has 3 heterocycles. The molecular formula is C16H15ClN6O. The van der Waals surface area contributed by atoms with E-state index in [9.17, 15) is 4.79 Å². The van der Waals surface area contributed by atoms with Crippen molar-refractivity contribution in [3.8, 4) is 6.07 Å². The Bertz CT molecular complexity index is 793. The summed E-state index contributed by atoms with van der Waals surface area (Å²) in [5.41, 5.74) is 6.07. The number of nitriles is 1. The fraction of sp³-hybridized carbons (Fsp3) is 0.250. The minimum Gasteiger partial charge on any atom is -0.366 e. The summed E-state index contributed by atoms with van der Waals surface area (Å²) in [5, 5.41) is 9.23. The zero-order valence-corrected chi connectivity index (χ0v) is 13.6. The highest BCUT2D eigenvalue weighted by atomic mass is 35.5. The molecule has 2 N–H and O–H groups in total. The first-order valence-corrected chi connectivity index (χ1v) is 7.77. The number of pyridine rings is 2. The van der Waals surface area contributed by atoms with Gasteiger partial charge in [0.1, 0.15) is 17.7 Å². The van der Waals surface area contributed by atoms with Gasteiger partial charge in [-0.05, 0) is 18.2 Å². The fourth-order valence-electron chi connectivity index (χ4n) is 2.58. The van der Waals surface area contributed by atoms with Crippen LogP contribution < -0.4 is 15.5 Å². The fourth-order valence-corrected chi connectivity index (χ4v) is 2.87. The van der Waals surface area contributed by atoms with Crippen molar-refractivity contribution in [1.82, 2.24) is 9.97 Å². The number of anilines is 2. The molecule has 0 spiro atoms. The molecule has 1 saturated heterocycles. The number of halogens is 1. The van der Waals surface area contributed by atoms with E-state index in [-0.39, 0.29) is 0 Å². The summed E-state index contributed by atoms with van der Waals surface area (Å²) < 4.78 is 0. The maximum atomic E-state index is 11.2. The van der Waals surface area contributed by atoms with Crippen molar-refractivity contribution in [3.63, 3.8) is 0 Å². The Balaban J connectivity index is 1.68. The van der Waals surface area contributed by atoms with Crippen LogP contribution in [-0.4, -0.2) is 42.1 Å². The van der Waals surface area contributed by atoms with Gasteiger partial charge in [-0.15, -0.1) is 0 Å². The van der Waals surface area contributed by atoms with Gasteiger partial charge in [0, 0.05) is 38.6 Å². The number of carbonyl (C=O) groups excluding carboxylic acids is 1. The van der Waals surface area contributed by atoms with E-state index in [1.807, 2.05) is 6.07 Å². The Morgan fingerprint density at radius 1 is 1.17 bits per heavy atom. The third-order valence-electron chi connectivity index (χ3n) is 3.89. The standard InChI is InChI=1S/C16H15ClN6O/c17-13-7-12(15(19)24)10-21-16(13)23-5-3-22(4-6-23)14-2-1-11(8-18)9-20-14/h1-2,7,9-10H,3-6H2,(H2,19,24). The van der Waals surface area contributed by atoms with E-state index in [1.165, 1.54) is 6.20 Å². The van der Waals surface area contributed by atoms with Crippen LogP contribution in [0.3, 0.4) is 0 Å². The van der Waals surface area contributed by atoms with E-state index in [0.29, 0.717) is 22.0 Å². The van der Waals surface area contributed by atoms with Crippen LogP contribution in [-0.2, 0) is 0 Å². The summed E-state index contributed by atoms with van der Waals surface area (Å²) in [6, 6.07) is 7.21. The van der Waals surface area contributed by atoms with Crippen molar-refractivity contribution in [2.24, 2.45) is 5.73 Å². The van der Waals surface area contributed by atoms with Crippen molar-refractivity contribution in [2.75, 3.05) is 36.0 Å². The molecule has 2 aromatic rings. The molecule has 1 fully saturated rings. The predicted octanol–water partition coefficient (Wildman–Crippen LogP) is 1.43. The number of hydrogen-bond acceptors (Lipinski definition) is 6. The van der Waals surface area contributed by atoms with Gasteiger partial charge in [-0.2, -0.15) is 5.26 Å². The second-order valence-corrected chi connectivity index (χ2v) is 5.79. The largest absolute Gasteiger partial charge is 0.366 e. The average Bonchev–Trinajstić information content (AvgIpc) is 2.62. The highest BCUT2D eigenvalue weighted by molar-refractivity contribution is 6.33. The van der Waals surface area contributed by atoms with Gasteiger partial charge in [0.25, 0.3) is 0 Å². The lowest BCUT2D eigenvalue weighted by molar-refractivity contribution is 0.1000. The average molecular weight is 343 g/mol. The van der Waals surface area contributed by atoms with Gasteiger partial charge in [0.2, 0.25) is 5.91 Å². The first kappa shape index (κ1) is 16.0. The number of primary amides is 1. The second-order valence-electron chi connectivity index (χ2n) is 5.38. The molecule has 2 aromatic heterocycles. The van der Waals surface area contributed by atoms with Gasteiger partial charge in [-0.1, -0.05) is 11.6 Å². The van der Waals surface area contributed by atoms with Gasteiger partial charge in [-0.3, -0.25) is 4.79 Å². The molecule has 0 aliphatic carbocycles. The maximum absolute atomic E-state index is 11.2. The number of carbonyl (C=O) groups is 1. The molecule has 0 atom stereocenters. The minimum absolute atomic E-state index is 0.296. The van der Waals surface area contributed by atoms with E-state index in [0.717, 1.165) is 32.0 Å². The third kappa shape index (κ3) is 3.24. The smallest absolute Gasteiger partial charge is 0.250 e. The molecule has 0 bridgehead atoms. The van der Waals surface area contributed by atoms with Crippen LogP contribution in [0.25, 0.3) is 0 Å². The highest BCUT2D eigenvalue weighted by Crippen LogP contribution is 2.25. The van der Waals surface area contributed by atoms with Crippen molar-refractivity contribution in [1.29, 1.82) is 5.26 Å². The van der Waals surface area contributed by atoms with Crippen LogP contribution in [0.15, 0.2) is 30.6 Å². The molecular weight excluding hydrogens is 328 g/mol. The van der Waals surface area contributed by atoms with E-state index >= 15 is 0 Å². The Morgan fingerprint density at radius 2 is 1.88 bits per heavy atom. The van der Waals surface area contributed by atoms with Crippen LogP contribution in [0.1, 0.15) is 15.9 Å². The number of hydrogen-bond donors (Lipinski definition) is 1. The summed E-state index contributed by atoms with van der Waals surface area (Å²) in [6.45, 7) is 2.97. The Hall–Kier alpha value is -2.85. The number of nitrogens with two attached hydrogens (primary N) is 1. The van der Waals surface area contributed by atoms with Crippen molar-refractivity contribution < 1.29 is 4.79 Å². The molecule has 1 aliphatic heterocycles. The Morgan fingerprint density at radius 3 is 2.42 bits per heavy atom.